The Balaban J connectivity index is 1.66. The third-order valence-electron chi connectivity index (χ3n) is 3.12. The second-order valence-corrected chi connectivity index (χ2v) is 5.85. The van der Waals surface area contributed by atoms with E-state index < -0.39 is 0 Å². The van der Waals surface area contributed by atoms with Crippen LogP contribution in [0.3, 0.4) is 0 Å². The number of nitrogens with one attached hydrogen (secondary N) is 1. The molecule has 1 aromatic carbocycles. The standard InChI is InChI=1S/C14H14ClN3O2S/c15-11-3-1-10(2-4-11)13(19)16-12-9-21-14(17-12)18-5-7-20-8-6-18/h1-4,9H,5-8H2,(H,16,19). The molecule has 0 bridgehead atoms. The van der Waals surface area contributed by atoms with E-state index in [-0.39, 0.29) is 5.91 Å². The van der Waals surface area contributed by atoms with Crippen molar-refractivity contribution in [3.8, 4) is 0 Å². The number of amides is 1. The Hall–Kier alpha value is -1.63. The van der Waals surface area contributed by atoms with Gasteiger partial charge in [0.05, 0.1) is 13.2 Å². The van der Waals surface area contributed by atoms with E-state index in [0.29, 0.717) is 29.6 Å². The van der Waals surface area contributed by atoms with Crippen molar-refractivity contribution in [2.75, 3.05) is 36.5 Å². The fraction of sp³-hybridized carbons (Fsp3) is 0.286. The number of carbonyl (C=O) groups excluding carboxylic acids is 1. The zero-order valence-corrected chi connectivity index (χ0v) is 12.8. The van der Waals surface area contributed by atoms with E-state index in [1.54, 1.807) is 24.3 Å². The van der Waals surface area contributed by atoms with Crippen LogP contribution in [-0.2, 0) is 4.74 Å². The van der Waals surface area contributed by atoms with Crippen LogP contribution in [0.5, 0.6) is 0 Å². The molecule has 0 saturated carbocycles. The highest BCUT2D eigenvalue weighted by molar-refractivity contribution is 7.14. The summed E-state index contributed by atoms with van der Waals surface area (Å²) in [5.41, 5.74) is 0.556. The summed E-state index contributed by atoms with van der Waals surface area (Å²) in [6.45, 7) is 3.09. The van der Waals surface area contributed by atoms with Crippen LogP contribution in [0.15, 0.2) is 29.6 Å². The topological polar surface area (TPSA) is 54.5 Å². The molecule has 1 saturated heterocycles. The predicted molar refractivity (Wildman–Crippen MR) is 84.6 cm³/mol. The third kappa shape index (κ3) is 3.53. The van der Waals surface area contributed by atoms with Gasteiger partial charge in [0.1, 0.15) is 5.82 Å². The number of anilines is 2. The molecule has 21 heavy (non-hydrogen) atoms. The lowest BCUT2D eigenvalue weighted by Gasteiger charge is -2.25. The highest BCUT2D eigenvalue weighted by atomic mass is 35.5. The van der Waals surface area contributed by atoms with Gasteiger partial charge in [-0.25, -0.2) is 4.98 Å². The van der Waals surface area contributed by atoms with E-state index in [9.17, 15) is 4.79 Å². The fourth-order valence-electron chi connectivity index (χ4n) is 2.01. The smallest absolute Gasteiger partial charge is 0.256 e. The van der Waals surface area contributed by atoms with E-state index in [1.165, 1.54) is 11.3 Å². The molecule has 1 fully saturated rings. The summed E-state index contributed by atoms with van der Waals surface area (Å²) in [4.78, 5) is 18.7. The number of ether oxygens (including phenoxy) is 1. The molecule has 5 nitrogen and oxygen atoms in total. The Kier molecular flexibility index (Phi) is 4.38. The molecule has 1 aromatic heterocycles. The Labute approximate surface area is 131 Å². The Morgan fingerprint density at radius 1 is 1.29 bits per heavy atom. The maximum atomic E-state index is 12.1. The van der Waals surface area contributed by atoms with Crippen molar-refractivity contribution in [3.05, 3.63) is 40.2 Å². The van der Waals surface area contributed by atoms with Gasteiger partial charge in [0.15, 0.2) is 5.13 Å². The molecule has 1 N–H and O–H groups in total. The number of morpholine rings is 1. The molecule has 0 radical (unpaired) electrons. The van der Waals surface area contributed by atoms with Gasteiger partial charge in [0, 0.05) is 29.1 Å². The Bertz CT molecular complexity index is 623. The SMILES string of the molecule is O=C(Nc1csc(N2CCOCC2)n1)c1ccc(Cl)cc1. The molecule has 0 atom stereocenters. The molecule has 1 aliphatic heterocycles. The van der Waals surface area contributed by atoms with Crippen molar-refractivity contribution >= 4 is 39.8 Å². The van der Waals surface area contributed by atoms with Crippen LogP contribution in [0, 0.1) is 0 Å². The number of nitrogens with zero attached hydrogens (tertiary/aromatic N) is 2. The van der Waals surface area contributed by atoms with Crippen molar-refractivity contribution in [3.63, 3.8) is 0 Å². The van der Waals surface area contributed by atoms with Crippen molar-refractivity contribution in [2.45, 2.75) is 0 Å². The fourth-order valence-corrected chi connectivity index (χ4v) is 2.95. The van der Waals surface area contributed by atoms with Gasteiger partial charge in [-0.05, 0) is 24.3 Å². The average molecular weight is 324 g/mol. The zero-order chi connectivity index (χ0) is 14.7. The number of hydrogen-bond donors (Lipinski definition) is 1. The highest BCUT2D eigenvalue weighted by Gasteiger charge is 2.15. The van der Waals surface area contributed by atoms with Crippen molar-refractivity contribution < 1.29 is 9.53 Å². The van der Waals surface area contributed by atoms with E-state index >= 15 is 0 Å². The number of halogens is 1. The number of hydrogen-bond acceptors (Lipinski definition) is 5. The molecule has 7 heteroatoms. The first kappa shape index (κ1) is 14.3. The molecule has 3 rings (SSSR count). The molecule has 110 valence electrons. The first-order chi connectivity index (χ1) is 10.2. The first-order valence-electron chi connectivity index (χ1n) is 6.57. The minimum atomic E-state index is -0.189. The van der Waals surface area contributed by atoms with Crippen LogP contribution < -0.4 is 10.2 Å². The monoisotopic (exact) mass is 323 g/mol. The van der Waals surface area contributed by atoms with Gasteiger partial charge in [0.2, 0.25) is 0 Å². The minimum absolute atomic E-state index is 0.189. The lowest BCUT2D eigenvalue weighted by atomic mass is 10.2. The molecule has 2 heterocycles. The van der Waals surface area contributed by atoms with Crippen molar-refractivity contribution in [2.24, 2.45) is 0 Å². The summed E-state index contributed by atoms with van der Waals surface area (Å²) in [6.07, 6.45) is 0. The molecule has 0 spiro atoms. The van der Waals surface area contributed by atoms with Gasteiger partial charge in [-0.15, -0.1) is 11.3 Å². The number of benzene rings is 1. The van der Waals surface area contributed by atoms with Gasteiger partial charge in [0.25, 0.3) is 5.91 Å². The van der Waals surface area contributed by atoms with Crippen LogP contribution >= 0.6 is 22.9 Å². The van der Waals surface area contributed by atoms with Crippen LogP contribution in [0.25, 0.3) is 0 Å². The van der Waals surface area contributed by atoms with E-state index in [2.05, 4.69) is 15.2 Å². The molecular weight excluding hydrogens is 310 g/mol. The number of aromatic nitrogens is 1. The summed E-state index contributed by atoms with van der Waals surface area (Å²) >= 11 is 7.33. The lowest BCUT2D eigenvalue weighted by molar-refractivity contribution is 0.102. The van der Waals surface area contributed by atoms with Gasteiger partial charge in [-0.3, -0.25) is 4.79 Å². The number of thiazole rings is 1. The predicted octanol–water partition coefficient (Wildman–Crippen LogP) is 2.89. The summed E-state index contributed by atoms with van der Waals surface area (Å²) < 4.78 is 5.31. The van der Waals surface area contributed by atoms with Crippen LogP contribution in [0.4, 0.5) is 10.9 Å². The van der Waals surface area contributed by atoms with Crippen molar-refractivity contribution in [1.29, 1.82) is 0 Å². The molecular formula is C14H14ClN3O2S. The molecule has 2 aromatic rings. The molecule has 1 aliphatic rings. The number of carbonyl (C=O) groups is 1. The van der Waals surface area contributed by atoms with Gasteiger partial charge >= 0.3 is 0 Å². The molecule has 0 unspecified atom stereocenters. The summed E-state index contributed by atoms with van der Waals surface area (Å²) in [6, 6.07) is 6.76. The average Bonchev–Trinajstić information content (AvgIpc) is 2.97. The van der Waals surface area contributed by atoms with Crippen LogP contribution in [-0.4, -0.2) is 37.2 Å². The molecule has 0 aliphatic carbocycles. The quantitative estimate of drug-likeness (QED) is 0.943. The highest BCUT2D eigenvalue weighted by Crippen LogP contribution is 2.24. The van der Waals surface area contributed by atoms with Gasteiger partial charge in [-0.2, -0.15) is 0 Å². The second-order valence-electron chi connectivity index (χ2n) is 4.58. The second kappa shape index (κ2) is 6.43. The number of rotatable bonds is 3. The minimum Gasteiger partial charge on any atom is -0.378 e. The summed E-state index contributed by atoms with van der Waals surface area (Å²) in [5.74, 6) is 0.381. The van der Waals surface area contributed by atoms with Gasteiger partial charge in [-0.1, -0.05) is 11.6 Å². The Morgan fingerprint density at radius 3 is 2.71 bits per heavy atom. The molecule has 1 amide bonds. The van der Waals surface area contributed by atoms with E-state index in [0.717, 1.165) is 18.2 Å². The first-order valence-corrected chi connectivity index (χ1v) is 7.83. The van der Waals surface area contributed by atoms with E-state index in [1.807, 2.05) is 5.38 Å². The maximum Gasteiger partial charge on any atom is 0.256 e. The normalized spacial score (nSPS) is 15.0. The largest absolute Gasteiger partial charge is 0.378 e. The third-order valence-corrected chi connectivity index (χ3v) is 4.28. The van der Waals surface area contributed by atoms with Gasteiger partial charge < -0.3 is 15.0 Å². The van der Waals surface area contributed by atoms with Crippen LogP contribution in [0.2, 0.25) is 5.02 Å². The van der Waals surface area contributed by atoms with E-state index in [4.69, 9.17) is 16.3 Å². The maximum absolute atomic E-state index is 12.1. The summed E-state index contributed by atoms with van der Waals surface area (Å²) in [5, 5.41) is 6.16. The van der Waals surface area contributed by atoms with Crippen molar-refractivity contribution in [1.82, 2.24) is 4.98 Å². The lowest BCUT2D eigenvalue weighted by Crippen LogP contribution is -2.36. The summed E-state index contributed by atoms with van der Waals surface area (Å²) in [7, 11) is 0. The Morgan fingerprint density at radius 2 is 2.00 bits per heavy atom. The van der Waals surface area contributed by atoms with Crippen LogP contribution in [0.1, 0.15) is 10.4 Å². The zero-order valence-electron chi connectivity index (χ0n) is 11.2.